The van der Waals surface area contributed by atoms with E-state index in [1.807, 2.05) is 18.5 Å². The summed E-state index contributed by atoms with van der Waals surface area (Å²) >= 11 is 0. The number of aryl methyl sites for hydroxylation is 1. The van der Waals surface area contributed by atoms with Crippen LogP contribution < -0.4 is 10.6 Å². The second-order valence-electron chi connectivity index (χ2n) is 7.82. The lowest BCUT2D eigenvalue weighted by Gasteiger charge is -2.12. The van der Waals surface area contributed by atoms with Gasteiger partial charge in [0.05, 0.1) is 0 Å². The van der Waals surface area contributed by atoms with Crippen LogP contribution in [0.25, 0.3) is 10.9 Å². The van der Waals surface area contributed by atoms with E-state index in [-0.39, 0.29) is 0 Å². The largest absolute Gasteiger partial charge is 0.357 e. The number of benzene rings is 2. The summed E-state index contributed by atoms with van der Waals surface area (Å²) in [7, 11) is 0. The lowest BCUT2D eigenvalue weighted by atomic mass is 10.2. The minimum atomic E-state index is 0.782. The maximum absolute atomic E-state index is 4.76. The van der Waals surface area contributed by atoms with Crippen molar-refractivity contribution in [3.05, 3.63) is 90.6 Å². The molecule has 0 fully saturated rings. The normalized spacial score (nSPS) is 11.7. The molecule has 0 unspecified atom stereocenters. The third-order valence-corrected chi connectivity index (χ3v) is 5.49. The van der Waals surface area contributed by atoms with E-state index >= 15 is 0 Å². The summed E-state index contributed by atoms with van der Waals surface area (Å²) in [5, 5.41) is 8.09. The number of nitrogens with one attached hydrogen (secondary N) is 2. The number of nitrogens with zero attached hydrogens (tertiary/aromatic N) is 4. The molecule has 0 radical (unpaired) electrons. The summed E-state index contributed by atoms with van der Waals surface area (Å²) in [6.07, 6.45) is 7.93. The number of aliphatic imine (C=N–C) groups is 1. The molecule has 0 spiro atoms. The second kappa shape index (κ2) is 11.2. The van der Waals surface area contributed by atoms with Crippen LogP contribution in [-0.2, 0) is 19.5 Å². The number of rotatable bonds is 10. The number of hydrogen-bond acceptors (Lipinski definition) is 2. The van der Waals surface area contributed by atoms with Gasteiger partial charge in [0.2, 0.25) is 0 Å². The molecule has 166 valence electrons. The van der Waals surface area contributed by atoms with E-state index in [1.54, 1.807) is 0 Å². The Labute approximate surface area is 190 Å². The summed E-state index contributed by atoms with van der Waals surface area (Å²) in [6.45, 7) is 6.32. The van der Waals surface area contributed by atoms with Crippen molar-refractivity contribution in [1.82, 2.24) is 24.8 Å². The van der Waals surface area contributed by atoms with Crippen molar-refractivity contribution in [1.29, 1.82) is 0 Å². The van der Waals surface area contributed by atoms with Gasteiger partial charge >= 0.3 is 0 Å². The molecule has 0 aliphatic carbocycles. The average molecular weight is 429 g/mol. The molecule has 0 saturated carbocycles. The summed E-state index contributed by atoms with van der Waals surface area (Å²) < 4.78 is 4.51. The van der Waals surface area contributed by atoms with Crippen molar-refractivity contribution in [2.24, 2.45) is 4.99 Å². The highest BCUT2D eigenvalue weighted by Crippen LogP contribution is 2.15. The Morgan fingerprint density at radius 1 is 0.938 bits per heavy atom. The Morgan fingerprint density at radius 3 is 2.66 bits per heavy atom. The highest BCUT2D eigenvalue weighted by Gasteiger charge is 2.05. The fourth-order valence-electron chi connectivity index (χ4n) is 3.89. The van der Waals surface area contributed by atoms with Gasteiger partial charge in [-0.3, -0.25) is 4.99 Å². The molecule has 0 bridgehead atoms. The Bertz CT molecular complexity index is 1130. The molecule has 2 aromatic carbocycles. The molecule has 0 atom stereocenters. The Hall–Kier alpha value is -3.54. The van der Waals surface area contributed by atoms with E-state index in [4.69, 9.17) is 4.99 Å². The van der Waals surface area contributed by atoms with Crippen LogP contribution in [0.2, 0.25) is 0 Å². The molecule has 2 N–H and O–H groups in total. The van der Waals surface area contributed by atoms with E-state index < -0.39 is 0 Å². The molecule has 6 heteroatoms. The number of guanidine groups is 1. The van der Waals surface area contributed by atoms with Crippen LogP contribution in [0.5, 0.6) is 0 Å². The molecule has 4 aromatic rings. The van der Waals surface area contributed by atoms with Crippen LogP contribution in [0.3, 0.4) is 0 Å². The summed E-state index contributed by atoms with van der Waals surface area (Å²) in [5.41, 5.74) is 2.57. The highest BCUT2D eigenvalue weighted by molar-refractivity contribution is 5.80. The van der Waals surface area contributed by atoms with Gasteiger partial charge in [0.25, 0.3) is 0 Å². The van der Waals surface area contributed by atoms with Gasteiger partial charge < -0.3 is 19.8 Å². The van der Waals surface area contributed by atoms with E-state index in [0.29, 0.717) is 0 Å². The van der Waals surface area contributed by atoms with Gasteiger partial charge in [-0.25, -0.2) is 4.98 Å². The number of para-hydroxylation sites is 1. The average Bonchev–Trinajstić information content (AvgIpc) is 3.44. The van der Waals surface area contributed by atoms with Gasteiger partial charge in [0, 0.05) is 63.3 Å². The van der Waals surface area contributed by atoms with Crippen LogP contribution in [-0.4, -0.2) is 39.7 Å². The molecular formula is C26H32N6. The Morgan fingerprint density at radius 2 is 1.78 bits per heavy atom. The SMILES string of the molecule is CCNC(=NCCCn1ccc2ccccc21)NCCc1nccn1Cc1ccccc1. The monoisotopic (exact) mass is 428 g/mol. The first-order chi connectivity index (χ1) is 15.8. The molecule has 2 aromatic heterocycles. The number of imidazole rings is 1. The quantitative estimate of drug-likeness (QED) is 0.227. The fourth-order valence-corrected chi connectivity index (χ4v) is 3.89. The van der Waals surface area contributed by atoms with Crippen molar-refractivity contribution in [3.8, 4) is 0 Å². The van der Waals surface area contributed by atoms with E-state index in [9.17, 15) is 0 Å². The third kappa shape index (κ3) is 5.78. The lowest BCUT2D eigenvalue weighted by molar-refractivity contribution is 0.663. The van der Waals surface area contributed by atoms with Crippen LogP contribution in [0.1, 0.15) is 24.7 Å². The Kier molecular flexibility index (Phi) is 7.58. The first kappa shape index (κ1) is 21.7. The minimum Gasteiger partial charge on any atom is -0.357 e. The zero-order valence-corrected chi connectivity index (χ0v) is 18.7. The Balaban J connectivity index is 1.26. The zero-order chi connectivity index (χ0) is 22.0. The number of aromatic nitrogens is 3. The summed E-state index contributed by atoms with van der Waals surface area (Å²) in [4.78, 5) is 9.30. The van der Waals surface area contributed by atoms with Crippen molar-refractivity contribution < 1.29 is 0 Å². The van der Waals surface area contributed by atoms with Crippen LogP contribution >= 0.6 is 0 Å². The van der Waals surface area contributed by atoms with E-state index in [1.165, 1.54) is 16.5 Å². The first-order valence-corrected chi connectivity index (χ1v) is 11.4. The maximum Gasteiger partial charge on any atom is 0.191 e. The van der Waals surface area contributed by atoms with Crippen molar-refractivity contribution >= 4 is 16.9 Å². The van der Waals surface area contributed by atoms with Gasteiger partial charge in [0.15, 0.2) is 5.96 Å². The molecule has 0 aliphatic rings. The molecular weight excluding hydrogens is 396 g/mol. The van der Waals surface area contributed by atoms with Crippen LogP contribution in [0, 0.1) is 0 Å². The van der Waals surface area contributed by atoms with Gasteiger partial charge in [-0.15, -0.1) is 0 Å². The predicted octanol–water partition coefficient (Wildman–Crippen LogP) is 4.07. The molecule has 4 rings (SSSR count). The predicted molar refractivity (Wildman–Crippen MR) is 132 cm³/mol. The van der Waals surface area contributed by atoms with Crippen molar-refractivity contribution in [2.45, 2.75) is 32.9 Å². The maximum atomic E-state index is 4.76. The number of fused-ring (bicyclic) bond motifs is 1. The van der Waals surface area contributed by atoms with E-state index in [0.717, 1.165) is 57.3 Å². The van der Waals surface area contributed by atoms with Gasteiger partial charge in [-0.1, -0.05) is 48.5 Å². The second-order valence-corrected chi connectivity index (χ2v) is 7.82. The van der Waals surface area contributed by atoms with Crippen LogP contribution in [0.15, 0.2) is 84.2 Å². The zero-order valence-electron chi connectivity index (χ0n) is 18.7. The number of hydrogen-bond donors (Lipinski definition) is 2. The molecule has 0 aliphatic heterocycles. The van der Waals surface area contributed by atoms with Crippen molar-refractivity contribution in [2.75, 3.05) is 19.6 Å². The van der Waals surface area contributed by atoms with Gasteiger partial charge in [0.1, 0.15) is 5.82 Å². The third-order valence-electron chi connectivity index (χ3n) is 5.49. The smallest absolute Gasteiger partial charge is 0.191 e. The van der Waals surface area contributed by atoms with Crippen LogP contribution in [0.4, 0.5) is 0 Å². The molecule has 32 heavy (non-hydrogen) atoms. The van der Waals surface area contributed by atoms with Crippen molar-refractivity contribution in [3.63, 3.8) is 0 Å². The fraction of sp³-hybridized carbons (Fsp3) is 0.308. The molecule has 6 nitrogen and oxygen atoms in total. The summed E-state index contributed by atoms with van der Waals surface area (Å²) in [5.74, 6) is 1.95. The van der Waals surface area contributed by atoms with Gasteiger partial charge in [-0.05, 0) is 36.4 Å². The molecule has 0 amide bonds. The standard InChI is InChI=1S/C26H32N6/c1-2-27-26(29-15-8-18-31-19-14-23-11-6-7-12-24(23)31)30-16-13-25-28-17-20-32(25)21-22-9-4-3-5-10-22/h3-7,9-12,14,17,19-20H,2,8,13,15-16,18,21H2,1H3,(H2,27,29,30). The summed E-state index contributed by atoms with van der Waals surface area (Å²) in [6, 6.07) is 21.2. The lowest BCUT2D eigenvalue weighted by Crippen LogP contribution is -2.38. The van der Waals surface area contributed by atoms with Gasteiger partial charge in [-0.2, -0.15) is 0 Å². The minimum absolute atomic E-state index is 0.782. The molecule has 2 heterocycles. The van der Waals surface area contributed by atoms with E-state index in [2.05, 4.69) is 92.5 Å². The highest BCUT2D eigenvalue weighted by atomic mass is 15.2. The first-order valence-electron chi connectivity index (χ1n) is 11.4. The topological polar surface area (TPSA) is 59.2 Å². The molecule has 0 saturated heterocycles.